The van der Waals surface area contributed by atoms with Crippen LogP contribution in [0.5, 0.6) is 0 Å². The average Bonchev–Trinajstić information content (AvgIpc) is 3.44. The number of nitrogens with one attached hydrogen (secondary N) is 1. The van der Waals surface area contributed by atoms with Gasteiger partial charge in [0, 0.05) is 27.2 Å². The maximum atomic E-state index is 6.41. The lowest BCUT2D eigenvalue weighted by Gasteiger charge is -2.22. The molecule has 1 N–H and O–H groups in total. The summed E-state index contributed by atoms with van der Waals surface area (Å²) in [7, 11) is 6.41. The minimum atomic E-state index is -0.0126. The maximum Gasteiger partial charge on any atom is 0.114 e. The van der Waals surface area contributed by atoms with Gasteiger partial charge in [0.05, 0.1) is 0 Å². The van der Waals surface area contributed by atoms with Crippen LogP contribution in [-0.2, 0) is 5.41 Å². The number of hydrogen-bond acceptors (Lipinski definition) is 0. The molecular weight excluding hydrogens is 469 g/mol. The molecule has 180 valence electrons. The third kappa shape index (κ3) is 2.66. The van der Waals surface area contributed by atoms with Crippen LogP contribution in [0.25, 0.3) is 76.4 Å². The zero-order valence-corrected chi connectivity index (χ0v) is 21.9. The van der Waals surface area contributed by atoms with E-state index in [1.165, 1.54) is 76.6 Å². The van der Waals surface area contributed by atoms with E-state index < -0.39 is 0 Å². The Bertz CT molecular complexity index is 2320. The molecule has 2 radical (unpaired) electrons. The summed E-state index contributed by atoms with van der Waals surface area (Å²) in [5, 5.41) is 9.99. The van der Waals surface area contributed by atoms with E-state index in [1.54, 1.807) is 0 Å². The molecule has 0 bridgehead atoms. The van der Waals surface area contributed by atoms with E-state index in [-0.39, 0.29) is 5.41 Å². The van der Waals surface area contributed by atoms with E-state index >= 15 is 0 Å². The zero-order valence-electron chi connectivity index (χ0n) is 21.9. The van der Waals surface area contributed by atoms with Gasteiger partial charge in [-0.2, -0.15) is 0 Å². The second kappa shape index (κ2) is 7.09. The SMILES string of the molecule is [B]c1ccc2ccc3cc4[nH]c5ccc(-c6ccc7c(c6)C(C)(C)c6ccccc6-7)cc5c4c4ccc1c2c34. The van der Waals surface area contributed by atoms with Gasteiger partial charge >= 0.3 is 0 Å². The van der Waals surface area contributed by atoms with Gasteiger partial charge in [-0.1, -0.05) is 98.2 Å². The van der Waals surface area contributed by atoms with Gasteiger partial charge in [0.2, 0.25) is 0 Å². The highest BCUT2D eigenvalue weighted by Gasteiger charge is 2.35. The Morgan fingerprint density at radius 3 is 2.18 bits per heavy atom. The molecule has 0 spiro atoms. The van der Waals surface area contributed by atoms with Crippen molar-refractivity contribution in [3.8, 4) is 22.3 Å². The Morgan fingerprint density at radius 1 is 0.538 bits per heavy atom. The quantitative estimate of drug-likeness (QED) is 0.174. The topological polar surface area (TPSA) is 15.8 Å². The van der Waals surface area contributed by atoms with Crippen molar-refractivity contribution in [2.75, 3.05) is 0 Å². The van der Waals surface area contributed by atoms with Crippen LogP contribution in [-0.4, -0.2) is 12.8 Å². The molecule has 7 aromatic carbocycles. The molecule has 0 fully saturated rings. The Morgan fingerprint density at radius 2 is 1.26 bits per heavy atom. The summed E-state index contributed by atoms with van der Waals surface area (Å²) in [6, 6.07) is 38.1. The first-order chi connectivity index (χ1) is 19.0. The van der Waals surface area contributed by atoms with E-state index in [4.69, 9.17) is 7.85 Å². The molecule has 39 heavy (non-hydrogen) atoms. The van der Waals surface area contributed by atoms with E-state index in [2.05, 4.69) is 116 Å². The summed E-state index contributed by atoms with van der Waals surface area (Å²) in [6.07, 6.45) is 0. The smallest absolute Gasteiger partial charge is 0.114 e. The third-order valence-corrected chi connectivity index (χ3v) is 9.29. The van der Waals surface area contributed by atoms with Crippen LogP contribution in [0, 0.1) is 0 Å². The third-order valence-electron chi connectivity index (χ3n) is 9.29. The van der Waals surface area contributed by atoms with Crippen LogP contribution in [0.15, 0.2) is 103 Å². The van der Waals surface area contributed by atoms with Crippen molar-refractivity contribution < 1.29 is 0 Å². The molecule has 0 unspecified atom stereocenters. The minimum Gasteiger partial charge on any atom is -0.354 e. The van der Waals surface area contributed by atoms with Crippen molar-refractivity contribution in [3.63, 3.8) is 0 Å². The van der Waals surface area contributed by atoms with Gasteiger partial charge in [-0.15, -0.1) is 0 Å². The predicted molar refractivity (Wildman–Crippen MR) is 168 cm³/mol. The van der Waals surface area contributed by atoms with Gasteiger partial charge in [-0.3, -0.25) is 0 Å². The van der Waals surface area contributed by atoms with E-state index in [9.17, 15) is 0 Å². The minimum absolute atomic E-state index is 0.0126. The fourth-order valence-electron chi connectivity index (χ4n) is 7.36. The molecule has 1 heterocycles. The molecule has 0 saturated carbocycles. The van der Waals surface area contributed by atoms with E-state index in [1.807, 2.05) is 6.07 Å². The summed E-state index contributed by atoms with van der Waals surface area (Å²) in [6.45, 7) is 4.69. The van der Waals surface area contributed by atoms with Gasteiger partial charge < -0.3 is 4.98 Å². The molecular formula is C37H24BN. The summed E-state index contributed by atoms with van der Waals surface area (Å²) in [5.74, 6) is 0. The molecule has 2 heteroatoms. The number of H-pyrrole nitrogens is 1. The lowest BCUT2D eigenvalue weighted by Crippen LogP contribution is -2.14. The predicted octanol–water partition coefficient (Wildman–Crippen LogP) is 8.99. The fraction of sp³-hybridized carbons (Fsp3) is 0.0811. The van der Waals surface area contributed by atoms with Gasteiger partial charge in [-0.05, 0) is 90.0 Å². The lowest BCUT2D eigenvalue weighted by atomic mass is 9.81. The van der Waals surface area contributed by atoms with Crippen molar-refractivity contribution in [2.24, 2.45) is 0 Å². The van der Waals surface area contributed by atoms with Crippen LogP contribution >= 0.6 is 0 Å². The first kappa shape index (κ1) is 21.4. The van der Waals surface area contributed by atoms with Crippen LogP contribution < -0.4 is 5.46 Å². The highest BCUT2D eigenvalue weighted by Crippen LogP contribution is 2.49. The van der Waals surface area contributed by atoms with Gasteiger partial charge in [0.15, 0.2) is 0 Å². The molecule has 0 atom stereocenters. The first-order valence-corrected chi connectivity index (χ1v) is 13.7. The molecule has 0 aliphatic heterocycles. The van der Waals surface area contributed by atoms with E-state index in [0.29, 0.717) is 0 Å². The second-order valence-corrected chi connectivity index (χ2v) is 11.7. The van der Waals surface area contributed by atoms with Crippen molar-refractivity contribution in [2.45, 2.75) is 19.3 Å². The lowest BCUT2D eigenvalue weighted by molar-refractivity contribution is 0.660. The van der Waals surface area contributed by atoms with Crippen molar-refractivity contribution >= 4 is 67.4 Å². The maximum absolute atomic E-state index is 6.41. The van der Waals surface area contributed by atoms with Crippen LogP contribution in [0.3, 0.4) is 0 Å². The van der Waals surface area contributed by atoms with Gasteiger partial charge in [-0.25, -0.2) is 0 Å². The largest absolute Gasteiger partial charge is 0.354 e. The van der Waals surface area contributed by atoms with Crippen molar-refractivity contribution in [1.29, 1.82) is 0 Å². The number of aromatic amines is 1. The molecule has 1 aliphatic carbocycles. The zero-order chi connectivity index (χ0) is 26.0. The highest BCUT2D eigenvalue weighted by atomic mass is 14.7. The monoisotopic (exact) mass is 493 g/mol. The highest BCUT2D eigenvalue weighted by molar-refractivity contribution is 6.43. The molecule has 8 aromatic rings. The van der Waals surface area contributed by atoms with Crippen molar-refractivity contribution in [3.05, 3.63) is 114 Å². The Balaban J connectivity index is 1.31. The summed E-state index contributed by atoms with van der Waals surface area (Å²) < 4.78 is 0. The Hall–Kier alpha value is -4.56. The number of rotatable bonds is 1. The Labute approximate surface area is 227 Å². The summed E-state index contributed by atoms with van der Waals surface area (Å²) in [4.78, 5) is 3.71. The van der Waals surface area contributed by atoms with Crippen LogP contribution in [0.2, 0.25) is 0 Å². The molecule has 1 nitrogen and oxygen atoms in total. The fourth-order valence-corrected chi connectivity index (χ4v) is 7.36. The van der Waals surface area contributed by atoms with Gasteiger partial charge in [0.25, 0.3) is 0 Å². The molecule has 9 rings (SSSR count). The Kier molecular flexibility index (Phi) is 3.89. The molecule has 0 saturated heterocycles. The summed E-state index contributed by atoms with van der Waals surface area (Å²) >= 11 is 0. The van der Waals surface area contributed by atoms with Gasteiger partial charge in [0.1, 0.15) is 7.85 Å². The number of hydrogen-bond donors (Lipinski definition) is 1. The number of fused-ring (bicyclic) bond motifs is 7. The molecule has 0 amide bonds. The molecule has 1 aromatic heterocycles. The van der Waals surface area contributed by atoms with E-state index in [0.717, 1.165) is 16.4 Å². The summed E-state index contributed by atoms with van der Waals surface area (Å²) in [5.41, 5.74) is 11.2. The molecule has 1 aliphatic rings. The average molecular weight is 493 g/mol. The standard InChI is InChI=1S/C37H24BN/c1-37(2)29-6-4-3-5-24(29)25-12-9-22(18-30(25)37)21-11-16-32-28(17-21)36-27-14-13-26-31(38)15-10-20-7-8-23(19-33(36)39-32)35(27)34(20)26/h3-19,39H,1-2H3. The van der Waals surface area contributed by atoms with Crippen LogP contribution in [0.1, 0.15) is 25.0 Å². The van der Waals surface area contributed by atoms with Crippen molar-refractivity contribution in [1.82, 2.24) is 4.98 Å². The normalized spacial score (nSPS) is 14.2. The number of benzene rings is 7. The second-order valence-electron chi connectivity index (χ2n) is 11.7. The van der Waals surface area contributed by atoms with Crippen LogP contribution in [0.4, 0.5) is 0 Å². The first-order valence-electron chi connectivity index (χ1n) is 13.7. The number of aromatic nitrogens is 1.